The van der Waals surface area contributed by atoms with Crippen LogP contribution in [0, 0.1) is 50.2 Å². The highest BCUT2D eigenvalue weighted by Gasteiger charge is 2.72. The van der Waals surface area contributed by atoms with E-state index in [4.69, 9.17) is 18.9 Å². The van der Waals surface area contributed by atoms with E-state index in [1.54, 1.807) is 0 Å². The molecule has 14 heteroatoms. The van der Waals surface area contributed by atoms with Crippen LogP contribution in [-0.2, 0) is 28.5 Å². The predicted octanol–water partition coefficient (Wildman–Crippen LogP) is 1.67. The highest BCUT2D eigenvalue weighted by Crippen LogP contribution is 2.75. The normalized spacial score (nSPS) is 54.8. The molecule has 0 aromatic carbocycles. The van der Waals surface area contributed by atoms with Gasteiger partial charge in [0.1, 0.15) is 54.4 Å². The van der Waals surface area contributed by atoms with Crippen LogP contribution in [0.15, 0.2) is 11.6 Å². The topological polar surface area (TPSA) is 233 Å². The molecule has 19 atom stereocenters. The molecule has 0 spiro atoms. The molecule has 4 saturated carbocycles. The molecule has 0 amide bonds. The molecule has 0 radical (unpaired) electrons. The number of carboxylic acids is 1. The van der Waals surface area contributed by atoms with E-state index in [2.05, 4.69) is 40.7 Å². The first-order valence-corrected chi connectivity index (χ1v) is 20.3. The van der Waals surface area contributed by atoms with Crippen LogP contribution >= 0.6 is 0 Å². The van der Waals surface area contributed by atoms with Crippen molar-refractivity contribution in [1.29, 1.82) is 0 Å². The van der Waals surface area contributed by atoms with Crippen LogP contribution in [0.5, 0.6) is 0 Å². The first-order chi connectivity index (χ1) is 25.6. The van der Waals surface area contributed by atoms with Gasteiger partial charge in [-0.05, 0) is 97.2 Å². The number of hydrogen-bond donors (Lipinski definition) is 8. The standard InChI is InChI=1S/C41H64O14/c1-36(2)13-14-41(35(50)51)21(15-36)20-7-8-25-37(3)11-10-27(38(4,19-43)24(37)9-12-39(25,5)40(20,6)16-26(41)45)54-34-32(28(46)22(44)18-52-34)55-33-31(49)30(48)29(47)23(17-42)53-33/h7,19,21-34,42,44-49H,8-18H2,1-6H3,(H,50,51)/t21?,22-,23?,24-,25?,26+,27+,28-,29-,30+,31?,32?,33+,34+,37?,38-,39+,40-,41?/m1/s1. The third-order valence-corrected chi connectivity index (χ3v) is 16.9. The van der Waals surface area contributed by atoms with E-state index in [1.165, 1.54) is 5.57 Å². The molecular formula is C41H64O14. The number of carboxylic acid groups (broad SMARTS) is 1. The third kappa shape index (κ3) is 5.97. The molecule has 7 aliphatic rings. The number of fused-ring (bicyclic) bond motifs is 7. The minimum Gasteiger partial charge on any atom is -0.481 e. The van der Waals surface area contributed by atoms with E-state index < -0.39 is 96.3 Å². The van der Waals surface area contributed by atoms with Crippen molar-refractivity contribution >= 4 is 12.3 Å². The average molecular weight is 781 g/mol. The lowest BCUT2D eigenvalue weighted by molar-refractivity contribution is -0.366. The zero-order valence-corrected chi connectivity index (χ0v) is 33.0. The largest absolute Gasteiger partial charge is 0.481 e. The quantitative estimate of drug-likeness (QED) is 0.104. The van der Waals surface area contributed by atoms with Crippen LogP contribution in [-0.4, -0.2) is 134 Å². The lowest BCUT2D eigenvalue weighted by Gasteiger charge is -2.71. The van der Waals surface area contributed by atoms with E-state index in [0.717, 1.165) is 25.5 Å². The molecule has 8 N–H and O–H groups in total. The summed E-state index contributed by atoms with van der Waals surface area (Å²) < 4.78 is 23.9. The fourth-order valence-electron chi connectivity index (χ4n) is 13.3. The highest BCUT2D eigenvalue weighted by molar-refractivity contribution is 5.77. The van der Waals surface area contributed by atoms with Crippen molar-refractivity contribution in [2.24, 2.45) is 50.2 Å². The number of ether oxygens (including phenoxy) is 4. The summed E-state index contributed by atoms with van der Waals surface area (Å²) >= 11 is 0. The van der Waals surface area contributed by atoms with E-state index in [0.29, 0.717) is 38.5 Å². The summed E-state index contributed by atoms with van der Waals surface area (Å²) in [6.45, 7) is 12.2. The summed E-state index contributed by atoms with van der Waals surface area (Å²) in [5.41, 5.74) is -2.16. The Kier molecular flexibility index (Phi) is 10.6. The second kappa shape index (κ2) is 14.0. The molecule has 2 aliphatic heterocycles. The Balaban J connectivity index is 1.16. The van der Waals surface area contributed by atoms with Crippen molar-refractivity contribution in [2.45, 2.75) is 167 Å². The number of aliphatic hydroxyl groups excluding tert-OH is 7. The number of carbonyl (C=O) groups excluding carboxylic acids is 1. The van der Waals surface area contributed by atoms with Gasteiger partial charge in [0.25, 0.3) is 0 Å². The minimum absolute atomic E-state index is 0.0525. The van der Waals surface area contributed by atoms with Crippen molar-refractivity contribution < 1.29 is 69.4 Å². The molecule has 312 valence electrons. The minimum atomic E-state index is -1.76. The van der Waals surface area contributed by atoms with Gasteiger partial charge >= 0.3 is 5.97 Å². The second-order valence-corrected chi connectivity index (χ2v) is 20.0. The lowest BCUT2D eigenvalue weighted by atomic mass is 9.33. The van der Waals surface area contributed by atoms with Gasteiger partial charge in [-0.15, -0.1) is 0 Å². The van der Waals surface area contributed by atoms with Gasteiger partial charge in [-0.2, -0.15) is 0 Å². The number of aliphatic carboxylic acids is 1. The molecule has 2 saturated heterocycles. The van der Waals surface area contributed by atoms with E-state index in [1.807, 2.05) is 6.92 Å². The molecule has 0 aromatic rings. The van der Waals surface area contributed by atoms with Gasteiger partial charge < -0.3 is 64.6 Å². The fourth-order valence-corrected chi connectivity index (χ4v) is 13.3. The molecular weight excluding hydrogens is 716 g/mol. The number of allylic oxidation sites excluding steroid dienone is 2. The van der Waals surface area contributed by atoms with Crippen molar-refractivity contribution in [3.8, 4) is 0 Å². The van der Waals surface area contributed by atoms with Crippen LogP contribution < -0.4 is 0 Å². The summed E-state index contributed by atoms with van der Waals surface area (Å²) in [6, 6.07) is 0. The molecule has 2 heterocycles. The van der Waals surface area contributed by atoms with Crippen LogP contribution in [0.3, 0.4) is 0 Å². The van der Waals surface area contributed by atoms with Crippen molar-refractivity contribution in [1.82, 2.24) is 0 Å². The smallest absolute Gasteiger partial charge is 0.312 e. The maximum atomic E-state index is 13.4. The predicted molar refractivity (Wildman–Crippen MR) is 194 cm³/mol. The molecule has 55 heavy (non-hydrogen) atoms. The monoisotopic (exact) mass is 780 g/mol. The Morgan fingerprint density at radius 1 is 0.855 bits per heavy atom. The maximum absolute atomic E-state index is 13.4. The zero-order valence-electron chi connectivity index (χ0n) is 33.0. The second-order valence-electron chi connectivity index (χ2n) is 20.0. The SMILES string of the molecule is CC1(C)CCC2(C(=O)O)C(C1)C1=CCC3C4(C)CC[C@H](O[C@@H]5OC[C@@H](O)[C@@H](O)C5O[C@@H]5OC(CO)[C@@H](O)[C@H](O)C5O)[C@](C)(C=O)[C@@H]4CC[C@]3(C)[C@]1(C)C[C@@H]2O. The van der Waals surface area contributed by atoms with Crippen LogP contribution in [0.2, 0.25) is 0 Å². The van der Waals surface area contributed by atoms with Crippen molar-refractivity contribution in [3.05, 3.63) is 11.6 Å². The number of aliphatic hydroxyl groups is 7. The van der Waals surface area contributed by atoms with E-state index >= 15 is 0 Å². The number of carbonyl (C=O) groups is 2. The van der Waals surface area contributed by atoms with Crippen molar-refractivity contribution in [2.75, 3.05) is 13.2 Å². The first-order valence-electron chi connectivity index (χ1n) is 20.3. The van der Waals surface area contributed by atoms with Gasteiger partial charge in [0.15, 0.2) is 12.6 Å². The molecule has 0 aromatic heterocycles. The molecule has 14 nitrogen and oxygen atoms in total. The molecule has 6 fully saturated rings. The Morgan fingerprint density at radius 3 is 2.22 bits per heavy atom. The van der Waals surface area contributed by atoms with Gasteiger partial charge in [-0.3, -0.25) is 4.79 Å². The highest BCUT2D eigenvalue weighted by atomic mass is 16.8. The average Bonchev–Trinajstić information content (AvgIpc) is 3.12. The van der Waals surface area contributed by atoms with Gasteiger partial charge in [-0.1, -0.05) is 53.2 Å². The van der Waals surface area contributed by atoms with E-state index in [9.17, 15) is 50.4 Å². The Hall–Kier alpha value is -1.56. The Morgan fingerprint density at radius 2 is 1.56 bits per heavy atom. The van der Waals surface area contributed by atoms with Gasteiger partial charge in [-0.25, -0.2) is 0 Å². The Labute approximate surface area is 323 Å². The molecule has 7 unspecified atom stereocenters. The first kappa shape index (κ1) is 41.6. The number of aldehydes is 1. The summed E-state index contributed by atoms with van der Waals surface area (Å²) in [5.74, 6) is -1.18. The van der Waals surface area contributed by atoms with Crippen LogP contribution in [0.4, 0.5) is 0 Å². The molecule has 0 bridgehead atoms. The fraction of sp³-hybridized carbons (Fsp3) is 0.902. The van der Waals surface area contributed by atoms with E-state index in [-0.39, 0.29) is 40.6 Å². The summed E-state index contributed by atoms with van der Waals surface area (Å²) in [7, 11) is 0. The van der Waals surface area contributed by atoms with Crippen LogP contribution in [0.1, 0.15) is 99.3 Å². The molecule has 7 rings (SSSR count). The summed E-state index contributed by atoms with van der Waals surface area (Å²) in [5, 5.41) is 85.3. The van der Waals surface area contributed by atoms with Crippen LogP contribution in [0.25, 0.3) is 0 Å². The van der Waals surface area contributed by atoms with Gasteiger partial charge in [0.05, 0.1) is 30.8 Å². The van der Waals surface area contributed by atoms with Gasteiger partial charge in [0, 0.05) is 0 Å². The third-order valence-electron chi connectivity index (χ3n) is 16.9. The molecule has 5 aliphatic carbocycles. The number of hydrogen-bond acceptors (Lipinski definition) is 13. The lowest BCUT2D eigenvalue weighted by Crippen LogP contribution is -2.68. The zero-order chi connectivity index (χ0) is 40.3. The summed E-state index contributed by atoms with van der Waals surface area (Å²) in [6.07, 6.45) is -6.51. The maximum Gasteiger partial charge on any atom is 0.312 e. The van der Waals surface area contributed by atoms with Gasteiger partial charge in [0.2, 0.25) is 0 Å². The number of rotatable bonds is 7. The summed E-state index contributed by atoms with van der Waals surface area (Å²) in [4.78, 5) is 26.5. The van der Waals surface area contributed by atoms with Crippen molar-refractivity contribution in [3.63, 3.8) is 0 Å². The Bertz CT molecular complexity index is 1520.